The number of thioether (sulfide) groups is 1. The first-order valence-electron chi connectivity index (χ1n) is 9.32. The minimum atomic E-state index is -0.229. The van der Waals surface area contributed by atoms with Crippen LogP contribution in [0.1, 0.15) is 5.56 Å². The second-order valence-corrected chi connectivity index (χ2v) is 8.20. The first-order chi connectivity index (χ1) is 15.2. The molecule has 1 N–H and O–H groups in total. The Morgan fingerprint density at radius 1 is 1.03 bits per heavy atom. The average molecular weight is 493 g/mol. The molecular formula is C22H17BrN6OS. The predicted octanol–water partition coefficient (Wildman–Crippen LogP) is 4.33. The van der Waals surface area contributed by atoms with Crippen LogP contribution in [0.2, 0.25) is 0 Å². The molecule has 9 heteroatoms. The molecule has 0 atom stereocenters. The molecule has 2 aromatic carbocycles. The van der Waals surface area contributed by atoms with E-state index >= 15 is 0 Å². The van der Waals surface area contributed by atoms with Crippen molar-refractivity contribution in [3.8, 4) is 17.1 Å². The van der Waals surface area contributed by atoms with Crippen LogP contribution in [-0.4, -0.2) is 37.6 Å². The molecule has 0 aliphatic rings. The maximum Gasteiger partial charge on any atom is 0.250 e. The summed E-state index contributed by atoms with van der Waals surface area (Å²) in [5.41, 5.74) is 5.23. The number of halogens is 1. The molecule has 0 saturated carbocycles. The molecule has 7 nitrogen and oxygen atoms in total. The van der Waals surface area contributed by atoms with E-state index in [1.54, 1.807) is 18.6 Å². The normalized spacial score (nSPS) is 11.0. The lowest BCUT2D eigenvalue weighted by atomic mass is 10.2. The van der Waals surface area contributed by atoms with Gasteiger partial charge in [-0.3, -0.25) is 14.3 Å². The van der Waals surface area contributed by atoms with E-state index in [0.717, 1.165) is 21.3 Å². The maximum atomic E-state index is 12.3. The number of hydrazone groups is 1. The monoisotopic (exact) mass is 492 g/mol. The fourth-order valence-electron chi connectivity index (χ4n) is 2.75. The zero-order valence-corrected chi connectivity index (χ0v) is 18.6. The van der Waals surface area contributed by atoms with E-state index in [1.165, 1.54) is 11.8 Å². The molecular weight excluding hydrogens is 476 g/mol. The third-order valence-corrected chi connectivity index (χ3v) is 5.65. The fraction of sp³-hybridized carbons (Fsp3) is 0.0455. The number of nitrogens with zero attached hydrogens (tertiary/aromatic N) is 5. The summed E-state index contributed by atoms with van der Waals surface area (Å²) in [6, 6.07) is 21.1. The molecule has 0 unspecified atom stereocenters. The van der Waals surface area contributed by atoms with Crippen molar-refractivity contribution in [3.63, 3.8) is 0 Å². The number of amides is 1. The van der Waals surface area contributed by atoms with Crippen LogP contribution in [0.3, 0.4) is 0 Å². The minimum absolute atomic E-state index is 0.150. The van der Waals surface area contributed by atoms with Gasteiger partial charge in [0, 0.05) is 28.1 Å². The summed E-state index contributed by atoms with van der Waals surface area (Å²) in [4.78, 5) is 16.3. The zero-order valence-electron chi connectivity index (χ0n) is 16.2. The van der Waals surface area contributed by atoms with Gasteiger partial charge in [0.05, 0.1) is 12.0 Å². The second-order valence-electron chi connectivity index (χ2n) is 6.35. The van der Waals surface area contributed by atoms with Crippen molar-refractivity contribution in [3.05, 3.63) is 89.2 Å². The number of hydrogen-bond donors (Lipinski definition) is 1. The van der Waals surface area contributed by atoms with Gasteiger partial charge < -0.3 is 0 Å². The van der Waals surface area contributed by atoms with Gasteiger partial charge in [-0.05, 0) is 42.0 Å². The van der Waals surface area contributed by atoms with Gasteiger partial charge >= 0.3 is 0 Å². The lowest BCUT2D eigenvalue weighted by molar-refractivity contribution is -0.118. The molecule has 4 rings (SSSR count). The molecule has 0 bridgehead atoms. The Hall–Kier alpha value is -3.30. The summed E-state index contributed by atoms with van der Waals surface area (Å²) < 4.78 is 2.90. The molecule has 0 aliphatic heterocycles. The van der Waals surface area contributed by atoms with Crippen molar-refractivity contribution in [2.75, 3.05) is 5.75 Å². The van der Waals surface area contributed by atoms with Crippen molar-refractivity contribution in [2.45, 2.75) is 5.16 Å². The van der Waals surface area contributed by atoms with Crippen LogP contribution in [0.5, 0.6) is 0 Å². The number of rotatable bonds is 7. The van der Waals surface area contributed by atoms with E-state index in [-0.39, 0.29) is 11.7 Å². The Bertz CT molecular complexity index is 1180. The average Bonchev–Trinajstić information content (AvgIpc) is 3.23. The molecule has 0 fully saturated rings. The van der Waals surface area contributed by atoms with E-state index in [9.17, 15) is 4.79 Å². The van der Waals surface area contributed by atoms with Crippen molar-refractivity contribution in [1.29, 1.82) is 0 Å². The lowest BCUT2D eigenvalue weighted by Gasteiger charge is -2.10. The van der Waals surface area contributed by atoms with E-state index < -0.39 is 0 Å². The van der Waals surface area contributed by atoms with Gasteiger partial charge in [0.1, 0.15) is 0 Å². The Morgan fingerprint density at radius 2 is 1.77 bits per heavy atom. The van der Waals surface area contributed by atoms with E-state index in [4.69, 9.17) is 0 Å². The summed E-state index contributed by atoms with van der Waals surface area (Å²) in [7, 11) is 0. The molecule has 31 heavy (non-hydrogen) atoms. The third kappa shape index (κ3) is 5.44. The van der Waals surface area contributed by atoms with Crippen LogP contribution in [0.25, 0.3) is 17.1 Å². The number of benzene rings is 2. The fourth-order valence-corrected chi connectivity index (χ4v) is 3.76. The summed E-state index contributed by atoms with van der Waals surface area (Å²) in [5.74, 6) is 0.597. The quantitative estimate of drug-likeness (QED) is 0.235. The van der Waals surface area contributed by atoms with Crippen LogP contribution in [0.4, 0.5) is 0 Å². The predicted molar refractivity (Wildman–Crippen MR) is 125 cm³/mol. The largest absolute Gasteiger partial charge is 0.272 e. The van der Waals surface area contributed by atoms with Gasteiger partial charge in [-0.1, -0.05) is 58.0 Å². The summed E-state index contributed by atoms with van der Waals surface area (Å²) in [5, 5.41) is 13.3. The highest BCUT2D eigenvalue weighted by Gasteiger charge is 2.17. The van der Waals surface area contributed by atoms with Gasteiger partial charge in [-0.2, -0.15) is 5.10 Å². The van der Waals surface area contributed by atoms with E-state index in [2.05, 4.69) is 41.6 Å². The lowest BCUT2D eigenvalue weighted by Crippen LogP contribution is -2.20. The Labute approximate surface area is 191 Å². The van der Waals surface area contributed by atoms with Crippen molar-refractivity contribution >= 4 is 39.8 Å². The first-order valence-corrected chi connectivity index (χ1v) is 11.1. The molecule has 0 saturated heterocycles. The number of pyridine rings is 1. The number of aromatic nitrogens is 4. The van der Waals surface area contributed by atoms with E-state index in [1.807, 2.05) is 71.3 Å². The van der Waals surface area contributed by atoms with Crippen LogP contribution >= 0.6 is 27.7 Å². The number of nitrogens with one attached hydrogen (secondary N) is 1. The molecule has 154 valence electrons. The van der Waals surface area contributed by atoms with Crippen LogP contribution < -0.4 is 5.43 Å². The Morgan fingerprint density at radius 3 is 2.52 bits per heavy atom. The second kappa shape index (κ2) is 10.1. The molecule has 2 heterocycles. The highest BCUT2D eigenvalue weighted by molar-refractivity contribution is 9.10. The van der Waals surface area contributed by atoms with Crippen molar-refractivity contribution in [2.24, 2.45) is 5.10 Å². The number of hydrogen-bond acceptors (Lipinski definition) is 6. The third-order valence-electron chi connectivity index (χ3n) is 4.19. The molecule has 1 amide bonds. The molecule has 4 aromatic rings. The summed E-state index contributed by atoms with van der Waals surface area (Å²) in [6.07, 6.45) is 5.02. The molecule has 0 spiro atoms. The maximum absolute atomic E-state index is 12.3. The Kier molecular flexibility index (Phi) is 6.85. The van der Waals surface area contributed by atoms with Gasteiger partial charge in [0.25, 0.3) is 5.91 Å². The van der Waals surface area contributed by atoms with Crippen LogP contribution in [0, 0.1) is 0 Å². The number of carbonyl (C=O) groups excluding carboxylic acids is 1. The summed E-state index contributed by atoms with van der Waals surface area (Å²) >= 11 is 4.75. The van der Waals surface area contributed by atoms with Crippen LogP contribution in [-0.2, 0) is 4.79 Å². The minimum Gasteiger partial charge on any atom is -0.272 e. The molecule has 0 radical (unpaired) electrons. The van der Waals surface area contributed by atoms with E-state index in [0.29, 0.717) is 11.0 Å². The van der Waals surface area contributed by atoms with Gasteiger partial charge in [-0.25, -0.2) is 5.43 Å². The molecule has 0 aliphatic carbocycles. The SMILES string of the molecule is O=C(CSc1nnc(-c2ccncc2)n1-c1ccc(Br)cc1)NN=Cc1ccccc1. The number of carbonyl (C=O) groups is 1. The smallest absolute Gasteiger partial charge is 0.250 e. The molecule has 2 aromatic heterocycles. The van der Waals surface area contributed by atoms with Gasteiger partial charge in [0.2, 0.25) is 0 Å². The van der Waals surface area contributed by atoms with Gasteiger partial charge in [-0.15, -0.1) is 10.2 Å². The van der Waals surface area contributed by atoms with Crippen molar-refractivity contribution < 1.29 is 4.79 Å². The van der Waals surface area contributed by atoms with Crippen molar-refractivity contribution in [1.82, 2.24) is 25.2 Å². The van der Waals surface area contributed by atoms with Gasteiger partial charge in [0.15, 0.2) is 11.0 Å². The standard InChI is InChI=1S/C22H17BrN6OS/c23-18-6-8-19(9-7-18)29-21(17-10-12-24-13-11-17)27-28-22(29)31-15-20(30)26-25-14-16-4-2-1-3-5-16/h1-14H,15H2,(H,26,30). The zero-order chi connectivity index (χ0) is 21.5. The van der Waals surface area contributed by atoms with Crippen LogP contribution in [0.15, 0.2) is 93.9 Å². The highest BCUT2D eigenvalue weighted by atomic mass is 79.9. The Balaban J connectivity index is 1.51. The summed E-state index contributed by atoms with van der Waals surface area (Å²) in [6.45, 7) is 0. The topological polar surface area (TPSA) is 85.1 Å². The first kappa shape index (κ1) is 21.0. The highest BCUT2D eigenvalue weighted by Crippen LogP contribution is 2.28.